The van der Waals surface area contributed by atoms with Crippen molar-refractivity contribution in [1.29, 1.82) is 0 Å². The number of amides is 1. The summed E-state index contributed by atoms with van der Waals surface area (Å²) < 4.78 is 5.55. The van der Waals surface area contributed by atoms with Gasteiger partial charge in [0, 0.05) is 30.1 Å². The van der Waals surface area contributed by atoms with Gasteiger partial charge in [0.1, 0.15) is 0 Å². The molecule has 5 heteroatoms. The van der Waals surface area contributed by atoms with Gasteiger partial charge in [0.2, 0.25) is 5.76 Å². The Hall–Kier alpha value is -2.92. The van der Waals surface area contributed by atoms with Crippen LogP contribution in [0.15, 0.2) is 57.7 Å². The second-order valence-corrected chi connectivity index (χ2v) is 8.14. The van der Waals surface area contributed by atoms with Crippen LogP contribution in [0.5, 0.6) is 0 Å². The van der Waals surface area contributed by atoms with E-state index in [2.05, 4.69) is 17.1 Å². The number of aryl methyl sites for hydroxylation is 1. The fraction of sp³-hybridized carbons (Fsp3) is 0.360. The highest BCUT2D eigenvalue weighted by Gasteiger charge is 2.22. The molecule has 2 heterocycles. The van der Waals surface area contributed by atoms with E-state index in [1.54, 1.807) is 12.1 Å². The van der Waals surface area contributed by atoms with Crippen LogP contribution in [-0.2, 0) is 0 Å². The number of benzene rings is 2. The molecule has 1 N–H and O–H groups in total. The second-order valence-electron chi connectivity index (χ2n) is 8.14. The van der Waals surface area contributed by atoms with E-state index in [0.717, 1.165) is 29.6 Å². The van der Waals surface area contributed by atoms with Gasteiger partial charge in [-0.15, -0.1) is 0 Å². The van der Waals surface area contributed by atoms with Crippen molar-refractivity contribution in [3.63, 3.8) is 0 Å². The van der Waals surface area contributed by atoms with Crippen molar-refractivity contribution in [3.8, 4) is 11.1 Å². The SMILES string of the molecule is Cc1ccc(-c2c(C(=O)NCCN3CCCCC3C)oc(=O)c3ccccc23)cc1. The van der Waals surface area contributed by atoms with Crippen LogP contribution in [-0.4, -0.2) is 36.5 Å². The summed E-state index contributed by atoms with van der Waals surface area (Å²) in [5.74, 6) is -0.271. The first-order valence-corrected chi connectivity index (χ1v) is 10.7. The van der Waals surface area contributed by atoms with E-state index in [1.807, 2.05) is 43.3 Å². The molecular weight excluding hydrogens is 376 g/mol. The molecule has 0 aliphatic carbocycles. The Labute approximate surface area is 176 Å². The fourth-order valence-electron chi connectivity index (χ4n) is 4.25. The molecule has 1 amide bonds. The summed E-state index contributed by atoms with van der Waals surface area (Å²) in [6.45, 7) is 6.63. The molecule has 30 heavy (non-hydrogen) atoms. The molecule has 156 valence electrons. The summed E-state index contributed by atoms with van der Waals surface area (Å²) in [4.78, 5) is 28.0. The average molecular weight is 405 g/mol. The maximum Gasteiger partial charge on any atom is 0.344 e. The molecular formula is C25H28N2O3. The number of hydrogen-bond acceptors (Lipinski definition) is 4. The third-order valence-electron chi connectivity index (χ3n) is 6.01. The predicted octanol–water partition coefficient (Wildman–Crippen LogP) is 4.37. The van der Waals surface area contributed by atoms with Crippen molar-refractivity contribution in [3.05, 3.63) is 70.3 Å². The summed E-state index contributed by atoms with van der Waals surface area (Å²) in [6.07, 6.45) is 3.67. The summed E-state index contributed by atoms with van der Waals surface area (Å²) in [6, 6.07) is 15.7. The van der Waals surface area contributed by atoms with Gasteiger partial charge in [-0.2, -0.15) is 0 Å². The number of fused-ring (bicyclic) bond motifs is 1. The van der Waals surface area contributed by atoms with Crippen LogP contribution in [0.25, 0.3) is 21.9 Å². The van der Waals surface area contributed by atoms with Gasteiger partial charge in [-0.25, -0.2) is 4.79 Å². The van der Waals surface area contributed by atoms with E-state index < -0.39 is 5.63 Å². The van der Waals surface area contributed by atoms with Crippen LogP contribution >= 0.6 is 0 Å². The second kappa shape index (κ2) is 8.84. The zero-order valence-corrected chi connectivity index (χ0v) is 17.6. The Morgan fingerprint density at radius 1 is 1.10 bits per heavy atom. The maximum atomic E-state index is 13.1. The third-order valence-corrected chi connectivity index (χ3v) is 6.01. The highest BCUT2D eigenvalue weighted by atomic mass is 16.4. The Bertz CT molecular complexity index is 1100. The smallest absolute Gasteiger partial charge is 0.344 e. The number of carbonyl (C=O) groups excluding carboxylic acids is 1. The molecule has 0 radical (unpaired) electrons. The number of nitrogens with one attached hydrogen (secondary N) is 1. The van der Waals surface area contributed by atoms with Gasteiger partial charge in [-0.3, -0.25) is 9.69 Å². The van der Waals surface area contributed by atoms with Crippen LogP contribution in [0, 0.1) is 6.92 Å². The van der Waals surface area contributed by atoms with Gasteiger partial charge >= 0.3 is 5.63 Å². The van der Waals surface area contributed by atoms with Crippen LogP contribution in [0.2, 0.25) is 0 Å². The molecule has 1 aromatic heterocycles. The molecule has 1 unspecified atom stereocenters. The Kier molecular flexibility index (Phi) is 6.00. The van der Waals surface area contributed by atoms with Gasteiger partial charge in [-0.05, 0) is 44.9 Å². The first-order valence-electron chi connectivity index (χ1n) is 10.7. The molecule has 5 nitrogen and oxygen atoms in total. The van der Waals surface area contributed by atoms with E-state index in [0.29, 0.717) is 23.5 Å². The highest BCUT2D eigenvalue weighted by Crippen LogP contribution is 2.31. The Morgan fingerprint density at radius 2 is 1.83 bits per heavy atom. The minimum Gasteiger partial charge on any atom is -0.416 e. The summed E-state index contributed by atoms with van der Waals surface area (Å²) in [5, 5.41) is 4.17. The number of rotatable bonds is 5. The summed E-state index contributed by atoms with van der Waals surface area (Å²) in [5.41, 5.74) is 2.16. The number of carbonyl (C=O) groups is 1. The molecule has 1 fully saturated rings. The minimum absolute atomic E-state index is 0.0780. The lowest BCUT2D eigenvalue weighted by atomic mass is 9.97. The summed E-state index contributed by atoms with van der Waals surface area (Å²) in [7, 11) is 0. The molecule has 1 aliphatic heterocycles. The monoisotopic (exact) mass is 404 g/mol. The van der Waals surface area contributed by atoms with E-state index in [4.69, 9.17) is 4.42 Å². The lowest BCUT2D eigenvalue weighted by Crippen LogP contribution is -2.42. The first kappa shape index (κ1) is 20.4. The molecule has 1 saturated heterocycles. The molecule has 3 aromatic rings. The van der Waals surface area contributed by atoms with Crippen molar-refractivity contribution in [1.82, 2.24) is 10.2 Å². The predicted molar refractivity (Wildman–Crippen MR) is 120 cm³/mol. The largest absolute Gasteiger partial charge is 0.416 e. The zero-order valence-electron chi connectivity index (χ0n) is 17.6. The molecule has 1 atom stereocenters. The number of nitrogens with zero attached hydrogens (tertiary/aromatic N) is 1. The zero-order chi connectivity index (χ0) is 21.1. The Morgan fingerprint density at radius 3 is 2.57 bits per heavy atom. The highest BCUT2D eigenvalue weighted by molar-refractivity contribution is 6.07. The Balaban J connectivity index is 1.65. The van der Waals surface area contributed by atoms with E-state index in [1.165, 1.54) is 19.3 Å². The molecule has 1 aliphatic rings. The van der Waals surface area contributed by atoms with Crippen LogP contribution in [0.3, 0.4) is 0 Å². The first-order chi connectivity index (χ1) is 14.5. The van der Waals surface area contributed by atoms with Gasteiger partial charge in [-0.1, -0.05) is 54.4 Å². The standard InChI is InChI=1S/C25H28N2O3/c1-17-10-12-19(13-11-17)22-20-8-3-4-9-21(20)25(29)30-23(22)24(28)26-14-16-27-15-6-5-7-18(27)2/h3-4,8-13,18H,5-7,14-16H2,1-2H3,(H,26,28). The van der Waals surface area contributed by atoms with Gasteiger partial charge in [0.15, 0.2) is 0 Å². The number of piperidine rings is 1. The van der Waals surface area contributed by atoms with Crippen molar-refractivity contribution < 1.29 is 9.21 Å². The van der Waals surface area contributed by atoms with Crippen LogP contribution < -0.4 is 10.9 Å². The number of likely N-dealkylation sites (tertiary alicyclic amines) is 1. The third kappa shape index (κ3) is 4.17. The molecule has 0 spiro atoms. The molecule has 0 bridgehead atoms. The quantitative estimate of drug-likeness (QED) is 0.686. The van der Waals surface area contributed by atoms with E-state index in [9.17, 15) is 9.59 Å². The molecule has 2 aromatic carbocycles. The van der Waals surface area contributed by atoms with Crippen molar-refractivity contribution in [2.24, 2.45) is 0 Å². The van der Waals surface area contributed by atoms with Gasteiger partial charge in [0.25, 0.3) is 5.91 Å². The summed E-state index contributed by atoms with van der Waals surface area (Å²) >= 11 is 0. The number of hydrogen-bond donors (Lipinski definition) is 1. The van der Waals surface area contributed by atoms with E-state index in [-0.39, 0.29) is 11.7 Å². The normalized spacial score (nSPS) is 17.2. The average Bonchev–Trinajstić information content (AvgIpc) is 2.76. The minimum atomic E-state index is -0.490. The maximum absolute atomic E-state index is 13.1. The fourth-order valence-corrected chi connectivity index (χ4v) is 4.25. The lowest BCUT2D eigenvalue weighted by Gasteiger charge is -2.33. The van der Waals surface area contributed by atoms with Gasteiger partial charge < -0.3 is 9.73 Å². The molecule has 4 rings (SSSR count). The molecule has 0 saturated carbocycles. The van der Waals surface area contributed by atoms with E-state index >= 15 is 0 Å². The van der Waals surface area contributed by atoms with Crippen LogP contribution in [0.4, 0.5) is 0 Å². The topological polar surface area (TPSA) is 62.6 Å². The van der Waals surface area contributed by atoms with Crippen LogP contribution in [0.1, 0.15) is 42.3 Å². The lowest BCUT2D eigenvalue weighted by molar-refractivity contribution is 0.0908. The van der Waals surface area contributed by atoms with Crippen molar-refractivity contribution in [2.75, 3.05) is 19.6 Å². The van der Waals surface area contributed by atoms with Crippen molar-refractivity contribution >= 4 is 16.7 Å². The van der Waals surface area contributed by atoms with Gasteiger partial charge in [0.05, 0.1) is 5.39 Å². The van der Waals surface area contributed by atoms with Crippen molar-refractivity contribution in [2.45, 2.75) is 39.2 Å².